The molecule has 3 nitrogen and oxygen atoms in total. The molecule has 0 saturated heterocycles. The summed E-state index contributed by atoms with van der Waals surface area (Å²) in [6, 6.07) is 7.43. The van der Waals surface area contributed by atoms with Crippen LogP contribution in [0.4, 0.5) is 14.5 Å². The summed E-state index contributed by atoms with van der Waals surface area (Å²) in [6.07, 6.45) is 0. The largest absolute Gasteiger partial charge is 0.507 e. The first kappa shape index (κ1) is 13.5. The van der Waals surface area contributed by atoms with Crippen molar-refractivity contribution >= 4 is 27.5 Å². The molecule has 0 heterocycles. The number of amides is 1. The maximum absolute atomic E-state index is 13.4. The summed E-state index contributed by atoms with van der Waals surface area (Å²) in [5, 5.41) is 11.7. The average molecular weight is 328 g/mol. The molecule has 0 saturated carbocycles. The van der Waals surface area contributed by atoms with Gasteiger partial charge in [-0.25, -0.2) is 8.78 Å². The van der Waals surface area contributed by atoms with Crippen molar-refractivity contribution in [3.8, 4) is 5.75 Å². The Bertz CT molecular complexity index is 626. The predicted molar refractivity (Wildman–Crippen MR) is 70.1 cm³/mol. The van der Waals surface area contributed by atoms with Crippen molar-refractivity contribution in [1.82, 2.24) is 0 Å². The lowest BCUT2D eigenvalue weighted by Gasteiger charge is -2.08. The van der Waals surface area contributed by atoms with Crippen LogP contribution in [0, 0.1) is 11.6 Å². The molecule has 19 heavy (non-hydrogen) atoms. The minimum Gasteiger partial charge on any atom is -0.507 e. The summed E-state index contributed by atoms with van der Waals surface area (Å²) in [5.74, 6) is -2.85. The quantitative estimate of drug-likeness (QED) is 0.883. The number of nitrogens with one attached hydrogen (secondary N) is 1. The monoisotopic (exact) mass is 327 g/mol. The molecular weight excluding hydrogens is 320 g/mol. The first-order valence-corrected chi connectivity index (χ1v) is 6.02. The van der Waals surface area contributed by atoms with Crippen LogP contribution in [-0.4, -0.2) is 11.0 Å². The highest BCUT2D eigenvalue weighted by molar-refractivity contribution is 9.10. The predicted octanol–water partition coefficient (Wildman–Crippen LogP) is 3.69. The number of rotatable bonds is 2. The fraction of sp³-hybridized carbons (Fsp3) is 0. The molecule has 0 aliphatic rings. The third-order valence-electron chi connectivity index (χ3n) is 2.41. The van der Waals surface area contributed by atoms with E-state index in [4.69, 9.17) is 0 Å². The van der Waals surface area contributed by atoms with Crippen LogP contribution in [0.25, 0.3) is 0 Å². The minimum atomic E-state index is -0.884. The molecule has 2 rings (SSSR count). The number of aromatic hydroxyl groups is 1. The van der Waals surface area contributed by atoms with Gasteiger partial charge >= 0.3 is 0 Å². The topological polar surface area (TPSA) is 49.3 Å². The van der Waals surface area contributed by atoms with Gasteiger partial charge in [-0.1, -0.05) is 22.0 Å². The van der Waals surface area contributed by atoms with E-state index in [0.717, 1.165) is 12.1 Å². The number of hydrogen-bond acceptors (Lipinski definition) is 2. The van der Waals surface area contributed by atoms with E-state index in [1.807, 2.05) is 0 Å². The number of benzene rings is 2. The molecular formula is C13H8BrF2NO2. The van der Waals surface area contributed by atoms with Crippen LogP contribution in [0.3, 0.4) is 0 Å². The van der Waals surface area contributed by atoms with E-state index in [9.17, 15) is 18.7 Å². The van der Waals surface area contributed by atoms with E-state index < -0.39 is 23.2 Å². The van der Waals surface area contributed by atoms with Crippen LogP contribution in [0.5, 0.6) is 5.75 Å². The standard InChI is InChI=1S/C13H8BrF2NO2/c14-7-4-5-8(11(18)6-7)13(19)17-12-9(15)2-1-3-10(12)16/h1-6,18H,(H,17,19). The number of para-hydroxylation sites is 1. The molecule has 0 atom stereocenters. The highest BCUT2D eigenvalue weighted by atomic mass is 79.9. The summed E-state index contributed by atoms with van der Waals surface area (Å²) in [5.41, 5.74) is -0.624. The lowest BCUT2D eigenvalue weighted by atomic mass is 10.2. The Labute approximate surface area is 116 Å². The Morgan fingerprint density at radius 3 is 2.37 bits per heavy atom. The Morgan fingerprint density at radius 2 is 1.79 bits per heavy atom. The fourth-order valence-corrected chi connectivity index (χ4v) is 1.84. The first-order valence-electron chi connectivity index (χ1n) is 5.23. The van der Waals surface area contributed by atoms with E-state index in [1.54, 1.807) is 0 Å². The molecule has 0 aliphatic heterocycles. The highest BCUT2D eigenvalue weighted by Crippen LogP contribution is 2.24. The number of halogens is 3. The fourth-order valence-electron chi connectivity index (χ4n) is 1.49. The van der Waals surface area contributed by atoms with Gasteiger partial charge in [0.2, 0.25) is 0 Å². The molecule has 2 N–H and O–H groups in total. The van der Waals surface area contributed by atoms with Gasteiger partial charge in [0.05, 0.1) is 5.56 Å². The summed E-state index contributed by atoms with van der Waals surface area (Å²) >= 11 is 3.12. The van der Waals surface area contributed by atoms with Gasteiger partial charge in [-0.15, -0.1) is 0 Å². The molecule has 0 radical (unpaired) electrons. The van der Waals surface area contributed by atoms with Gasteiger partial charge in [0.15, 0.2) is 0 Å². The molecule has 0 bridgehead atoms. The molecule has 2 aromatic carbocycles. The Morgan fingerprint density at radius 1 is 1.16 bits per heavy atom. The number of anilines is 1. The van der Waals surface area contributed by atoms with Gasteiger partial charge in [0.1, 0.15) is 23.1 Å². The number of phenols is 1. The normalized spacial score (nSPS) is 10.3. The lowest BCUT2D eigenvalue weighted by molar-refractivity contribution is 0.102. The molecule has 0 aliphatic carbocycles. The van der Waals surface area contributed by atoms with Gasteiger partial charge in [-0.05, 0) is 30.3 Å². The maximum atomic E-state index is 13.4. The summed E-state index contributed by atoms with van der Waals surface area (Å²) in [7, 11) is 0. The van der Waals surface area contributed by atoms with E-state index >= 15 is 0 Å². The molecule has 0 spiro atoms. The van der Waals surface area contributed by atoms with E-state index in [1.165, 1.54) is 24.3 Å². The van der Waals surface area contributed by atoms with Gasteiger partial charge < -0.3 is 10.4 Å². The summed E-state index contributed by atoms with van der Waals surface area (Å²) in [6.45, 7) is 0. The van der Waals surface area contributed by atoms with E-state index in [2.05, 4.69) is 21.2 Å². The summed E-state index contributed by atoms with van der Waals surface area (Å²) < 4.78 is 27.3. The molecule has 0 unspecified atom stereocenters. The molecule has 2 aromatic rings. The Kier molecular flexibility index (Phi) is 3.80. The number of hydrogen-bond donors (Lipinski definition) is 2. The van der Waals surface area contributed by atoms with Crippen molar-refractivity contribution in [1.29, 1.82) is 0 Å². The number of carbonyl (C=O) groups is 1. The van der Waals surface area contributed by atoms with Crippen LogP contribution in [0.15, 0.2) is 40.9 Å². The SMILES string of the molecule is O=C(Nc1c(F)cccc1F)c1ccc(Br)cc1O. The zero-order valence-corrected chi connectivity index (χ0v) is 11.0. The van der Waals surface area contributed by atoms with Crippen molar-refractivity contribution in [3.05, 3.63) is 58.1 Å². The highest BCUT2D eigenvalue weighted by Gasteiger charge is 2.16. The molecule has 98 valence electrons. The summed E-state index contributed by atoms with van der Waals surface area (Å²) in [4.78, 5) is 11.8. The van der Waals surface area contributed by atoms with Crippen LogP contribution in [0.2, 0.25) is 0 Å². The van der Waals surface area contributed by atoms with Crippen molar-refractivity contribution in [2.75, 3.05) is 5.32 Å². The maximum Gasteiger partial charge on any atom is 0.259 e. The van der Waals surface area contributed by atoms with E-state index in [-0.39, 0.29) is 11.3 Å². The van der Waals surface area contributed by atoms with E-state index in [0.29, 0.717) is 4.47 Å². The van der Waals surface area contributed by atoms with Crippen molar-refractivity contribution in [2.45, 2.75) is 0 Å². The average Bonchev–Trinajstić information content (AvgIpc) is 2.33. The van der Waals surface area contributed by atoms with Crippen LogP contribution < -0.4 is 5.32 Å². The third-order valence-corrected chi connectivity index (χ3v) is 2.90. The van der Waals surface area contributed by atoms with Crippen LogP contribution >= 0.6 is 15.9 Å². The van der Waals surface area contributed by atoms with Gasteiger partial charge in [0.25, 0.3) is 5.91 Å². The van der Waals surface area contributed by atoms with Crippen molar-refractivity contribution in [3.63, 3.8) is 0 Å². The van der Waals surface area contributed by atoms with Gasteiger partial charge in [0, 0.05) is 4.47 Å². The second-order valence-corrected chi connectivity index (χ2v) is 4.63. The third kappa shape index (κ3) is 2.90. The van der Waals surface area contributed by atoms with Crippen LogP contribution in [0.1, 0.15) is 10.4 Å². The Balaban J connectivity index is 2.31. The molecule has 1 amide bonds. The van der Waals surface area contributed by atoms with Gasteiger partial charge in [-0.2, -0.15) is 0 Å². The second-order valence-electron chi connectivity index (χ2n) is 3.71. The number of carbonyl (C=O) groups excluding carboxylic acids is 1. The minimum absolute atomic E-state index is 0.0779. The lowest BCUT2D eigenvalue weighted by Crippen LogP contribution is -2.14. The Hall–Kier alpha value is -1.95. The molecule has 6 heteroatoms. The van der Waals surface area contributed by atoms with Crippen molar-refractivity contribution < 1.29 is 18.7 Å². The molecule has 0 aromatic heterocycles. The van der Waals surface area contributed by atoms with Crippen molar-refractivity contribution in [2.24, 2.45) is 0 Å². The zero-order valence-electron chi connectivity index (χ0n) is 9.45. The van der Waals surface area contributed by atoms with Gasteiger partial charge in [-0.3, -0.25) is 4.79 Å². The first-order chi connectivity index (χ1) is 8.99. The zero-order chi connectivity index (χ0) is 14.0. The number of phenolic OH excluding ortho intramolecular Hbond substituents is 1. The smallest absolute Gasteiger partial charge is 0.259 e. The molecule has 0 fully saturated rings. The second kappa shape index (κ2) is 5.36. The van der Waals surface area contributed by atoms with Crippen LogP contribution in [-0.2, 0) is 0 Å².